The van der Waals surface area contributed by atoms with E-state index in [0.29, 0.717) is 29.8 Å². The van der Waals surface area contributed by atoms with Crippen molar-refractivity contribution in [1.82, 2.24) is 10.2 Å². The first-order chi connectivity index (χ1) is 15.1. The number of esters is 1. The molecule has 3 atom stereocenters. The van der Waals surface area contributed by atoms with E-state index in [9.17, 15) is 19.2 Å². The summed E-state index contributed by atoms with van der Waals surface area (Å²) in [4.78, 5) is 50.9. The average Bonchev–Trinajstić information content (AvgIpc) is 2.77. The van der Waals surface area contributed by atoms with Crippen LogP contribution in [0, 0.1) is 5.92 Å². The molecule has 1 saturated carbocycles. The van der Waals surface area contributed by atoms with Gasteiger partial charge in [0.2, 0.25) is 12.7 Å². The van der Waals surface area contributed by atoms with E-state index >= 15 is 0 Å². The molecule has 176 valence electrons. The molecule has 8 nitrogen and oxygen atoms in total. The van der Waals surface area contributed by atoms with Gasteiger partial charge in [-0.3, -0.25) is 14.5 Å². The molecule has 0 unspecified atom stereocenters. The van der Waals surface area contributed by atoms with Crippen LogP contribution < -0.4 is 5.32 Å². The van der Waals surface area contributed by atoms with E-state index in [-0.39, 0.29) is 17.6 Å². The zero-order chi connectivity index (χ0) is 23.9. The van der Waals surface area contributed by atoms with Crippen LogP contribution in [-0.4, -0.2) is 48.5 Å². The maximum Gasteiger partial charge on any atom is 0.413 e. The molecule has 0 bridgehead atoms. The first kappa shape index (κ1) is 25.6. The van der Waals surface area contributed by atoms with Gasteiger partial charge in [0.1, 0.15) is 11.6 Å². The van der Waals surface area contributed by atoms with Gasteiger partial charge in [0.25, 0.3) is 0 Å². The summed E-state index contributed by atoms with van der Waals surface area (Å²) < 4.78 is 10.3. The fourth-order valence-corrected chi connectivity index (χ4v) is 4.29. The Balaban J connectivity index is 2.12. The van der Waals surface area contributed by atoms with Gasteiger partial charge < -0.3 is 14.8 Å². The molecule has 1 N–H and O–H groups in total. The van der Waals surface area contributed by atoms with E-state index in [1.165, 1.54) is 18.9 Å². The number of likely N-dealkylation sites (N-methyl/N-ethyl adjacent to an activating group) is 1. The lowest BCUT2D eigenvalue weighted by molar-refractivity contribution is -0.158. The number of hydrogen-bond acceptors (Lipinski definition) is 6. The van der Waals surface area contributed by atoms with Gasteiger partial charge in [0.15, 0.2) is 5.78 Å². The molecule has 9 heteroatoms. The maximum absolute atomic E-state index is 13.1. The third-order valence-electron chi connectivity index (χ3n) is 6.03. The Labute approximate surface area is 193 Å². The summed E-state index contributed by atoms with van der Waals surface area (Å²) in [6.45, 7) is 4.37. The van der Waals surface area contributed by atoms with Gasteiger partial charge in [0, 0.05) is 31.0 Å². The summed E-state index contributed by atoms with van der Waals surface area (Å²) >= 11 is 6.39. The van der Waals surface area contributed by atoms with Crippen LogP contribution in [-0.2, 0) is 29.4 Å². The zero-order valence-electron chi connectivity index (χ0n) is 19.0. The number of rotatable bonds is 8. The second kappa shape index (κ2) is 11.3. The molecule has 1 aliphatic rings. The second-order valence-corrected chi connectivity index (χ2v) is 8.49. The number of hydrogen-bond donors (Lipinski definition) is 1. The van der Waals surface area contributed by atoms with Crippen molar-refractivity contribution in [3.8, 4) is 0 Å². The van der Waals surface area contributed by atoms with Crippen molar-refractivity contribution in [2.75, 3.05) is 13.8 Å². The van der Waals surface area contributed by atoms with Gasteiger partial charge in [-0.15, -0.1) is 0 Å². The first-order valence-corrected chi connectivity index (χ1v) is 11.2. The highest BCUT2D eigenvalue weighted by Crippen LogP contribution is 2.42. The van der Waals surface area contributed by atoms with Crippen molar-refractivity contribution < 1.29 is 28.7 Å². The van der Waals surface area contributed by atoms with E-state index < -0.39 is 30.4 Å². The number of nitrogens with one attached hydrogen (secondary N) is 1. The van der Waals surface area contributed by atoms with Gasteiger partial charge in [-0.1, -0.05) is 50.1 Å². The molecule has 2 amide bonds. The molecule has 0 heterocycles. The molecule has 1 aromatic carbocycles. The first-order valence-electron chi connectivity index (χ1n) is 10.8. The molecular weight excluding hydrogens is 436 g/mol. The van der Waals surface area contributed by atoms with Crippen molar-refractivity contribution in [2.24, 2.45) is 5.92 Å². The summed E-state index contributed by atoms with van der Waals surface area (Å²) in [7, 11) is 1.48. The minimum absolute atomic E-state index is 0.115. The Hall–Kier alpha value is -2.61. The maximum atomic E-state index is 13.1. The van der Waals surface area contributed by atoms with E-state index in [4.69, 9.17) is 21.1 Å². The number of halogens is 1. The molecule has 0 spiro atoms. The number of carbonyl (C=O) groups excluding carboxylic acids is 4. The lowest BCUT2D eigenvalue weighted by atomic mass is 9.74. The van der Waals surface area contributed by atoms with Gasteiger partial charge in [-0.25, -0.2) is 9.59 Å². The fourth-order valence-electron chi connectivity index (χ4n) is 4.00. The van der Waals surface area contributed by atoms with Crippen molar-refractivity contribution in [3.05, 3.63) is 34.9 Å². The molecule has 1 aliphatic carbocycles. The minimum atomic E-state index is -1.24. The predicted molar refractivity (Wildman–Crippen MR) is 119 cm³/mol. The summed E-state index contributed by atoms with van der Waals surface area (Å²) in [5.74, 6) is -1.33. The lowest BCUT2D eigenvalue weighted by Gasteiger charge is -2.43. The topological polar surface area (TPSA) is 102 Å². The highest BCUT2D eigenvalue weighted by atomic mass is 35.5. The number of amides is 2. The summed E-state index contributed by atoms with van der Waals surface area (Å²) in [5.41, 5.74) is -0.696. The average molecular weight is 467 g/mol. The molecule has 0 saturated heterocycles. The Morgan fingerprint density at radius 3 is 2.50 bits per heavy atom. The molecular formula is C23H31ClN2O6. The van der Waals surface area contributed by atoms with E-state index in [1.54, 1.807) is 24.3 Å². The molecule has 1 fully saturated rings. The third kappa shape index (κ3) is 5.59. The quantitative estimate of drug-likeness (QED) is 0.462. The molecule has 0 aliphatic heterocycles. The Morgan fingerprint density at radius 1 is 1.22 bits per heavy atom. The van der Waals surface area contributed by atoms with Crippen molar-refractivity contribution in [2.45, 2.75) is 64.5 Å². The van der Waals surface area contributed by atoms with Gasteiger partial charge in [-0.05, 0) is 31.2 Å². The van der Waals surface area contributed by atoms with Crippen LogP contribution in [0.4, 0.5) is 4.79 Å². The fraction of sp³-hybridized carbons (Fsp3) is 0.565. The summed E-state index contributed by atoms with van der Waals surface area (Å²) in [5, 5.41) is 2.95. The molecule has 32 heavy (non-hydrogen) atoms. The van der Waals surface area contributed by atoms with Gasteiger partial charge >= 0.3 is 12.1 Å². The number of nitrogens with zero attached hydrogens (tertiary/aromatic N) is 1. The molecule has 0 radical (unpaired) electrons. The molecule has 0 aromatic heterocycles. The van der Waals surface area contributed by atoms with Crippen LogP contribution in [0.15, 0.2) is 24.3 Å². The van der Waals surface area contributed by atoms with Gasteiger partial charge in [0.05, 0.1) is 0 Å². The minimum Gasteiger partial charge on any atom is -0.426 e. The third-order valence-corrected chi connectivity index (χ3v) is 6.36. The highest BCUT2D eigenvalue weighted by molar-refractivity contribution is 6.31. The van der Waals surface area contributed by atoms with Crippen LogP contribution >= 0.6 is 11.6 Å². The van der Waals surface area contributed by atoms with Crippen LogP contribution in [0.3, 0.4) is 0 Å². The summed E-state index contributed by atoms with van der Waals surface area (Å²) in [6.07, 6.45) is 2.06. The Kier molecular flexibility index (Phi) is 9.07. The SMILES string of the molecule is CC[C@@H](C)[C@H](NC(C)=O)C(=O)OCOC(=O)N(C)[C@@]1(c2ccccc2Cl)CCCCC1=O. The van der Waals surface area contributed by atoms with Crippen LogP contribution in [0.2, 0.25) is 5.02 Å². The number of Topliss-reactive ketones (excluding diaryl/α,β-unsaturated/α-hetero) is 1. The lowest BCUT2D eigenvalue weighted by Crippen LogP contribution is -2.54. The number of benzene rings is 1. The van der Waals surface area contributed by atoms with Crippen LogP contribution in [0.5, 0.6) is 0 Å². The number of ketones is 1. The van der Waals surface area contributed by atoms with E-state index in [0.717, 1.165) is 12.8 Å². The van der Waals surface area contributed by atoms with Crippen LogP contribution in [0.1, 0.15) is 58.4 Å². The normalized spacial score (nSPS) is 20.1. The van der Waals surface area contributed by atoms with Crippen LogP contribution in [0.25, 0.3) is 0 Å². The van der Waals surface area contributed by atoms with E-state index in [2.05, 4.69) is 5.32 Å². The monoisotopic (exact) mass is 466 g/mol. The van der Waals surface area contributed by atoms with Gasteiger partial charge in [-0.2, -0.15) is 0 Å². The number of carbonyl (C=O) groups is 4. The van der Waals surface area contributed by atoms with Crippen molar-refractivity contribution in [3.63, 3.8) is 0 Å². The standard InChI is InChI=1S/C23H31ClN2O6/c1-5-15(2)20(25-16(3)27)21(29)31-14-32-22(30)26(4)23(13-9-8-12-19(23)28)17-10-6-7-11-18(17)24/h6-7,10-11,15,20H,5,8-9,12-14H2,1-4H3,(H,25,27)/t15-,20+,23-/m1/s1. The molecule has 1 aromatic rings. The van der Waals surface area contributed by atoms with Crippen molar-refractivity contribution >= 4 is 35.4 Å². The highest BCUT2D eigenvalue weighted by Gasteiger charge is 2.48. The molecule has 2 rings (SSSR count). The van der Waals surface area contributed by atoms with Crippen molar-refractivity contribution in [1.29, 1.82) is 0 Å². The van der Waals surface area contributed by atoms with E-state index in [1.807, 2.05) is 13.8 Å². The second-order valence-electron chi connectivity index (χ2n) is 8.08. The predicted octanol–water partition coefficient (Wildman–Crippen LogP) is 3.80. The zero-order valence-corrected chi connectivity index (χ0v) is 19.7. The smallest absolute Gasteiger partial charge is 0.413 e. The summed E-state index contributed by atoms with van der Waals surface area (Å²) in [6, 6.07) is 6.09. The Morgan fingerprint density at radius 2 is 1.91 bits per heavy atom. The largest absolute Gasteiger partial charge is 0.426 e. The Bertz CT molecular complexity index is 861. The number of ether oxygens (including phenoxy) is 2.